The summed E-state index contributed by atoms with van der Waals surface area (Å²) in [6, 6.07) is 13.3. The Morgan fingerprint density at radius 3 is 2.62 bits per heavy atom. The molecule has 0 aliphatic heterocycles. The van der Waals surface area contributed by atoms with Crippen LogP contribution in [0.4, 0.5) is 11.5 Å². The van der Waals surface area contributed by atoms with E-state index in [1.54, 1.807) is 65.5 Å². The number of rotatable bonds is 4. The van der Waals surface area contributed by atoms with Gasteiger partial charge in [-0.05, 0) is 36.4 Å². The van der Waals surface area contributed by atoms with E-state index in [0.717, 1.165) is 5.56 Å². The Bertz CT molecular complexity index is 1100. The number of hydrogen-bond donors (Lipinski definition) is 3. The Morgan fingerprint density at radius 2 is 1.85 bits per heavy atom. The highest BCUT2D eigenvalue weighted by Gasteiger charge is 2.17. The molecule has 0 aliphatic rings. The van der Waals surface area contributed by atoms with Gasteiger partial charge in [-0.3, -0.25) is 9.38 Å². The molecule has 4 aromatic rings. The van der Waals surface area contributed by atoms with Crippen LogP contribution >= 0.6 is 0 Å². The standard InChI is InChI=1S/C19H14N4O3/c24-13-7-5-12(6-8-13)17-18(23-10-9-20-11-16(23)22-17)21-15-4-2-1-3-14(15)19(25)26/h1-11,21,24H,(H,25,26). The first-order valence-electron chi connectivity index (χ1n) is 7.84. The first kappa shape index (κ1) is 15.6. The molecule has 0 spiro atoms. The molecule has 0 saturated carbocycles. The molecule has 2 aromatic heterocycles. The minimum atomic E-state index is -1.02. The second kappa shape index (κ2) is 6.21. The Hall–Kier alpha value is -3.87. The van der Waals surface area contributed by atoms with E-state index in [4.69, 9.17) is 0 Å². The van der Waals surface area contributed by atoms with Gasteiger partial charge in [0.2, 0.25) is 0 Å². The quantitative estimate of drug-likeness (QED) is 0.523. The predicted octanol–water partition coefficient (Wildman–Crippen LogP) is 3.54. The zero-order chi connectivity index (χ0) is 18.1. The van der Waals surface area contributed by atoms with Crippen LogP contribution in [0.2, 0.25) is 0 Å². The second-order valence-corrected chi connectivity index (χ2v) is 5.64. The van der Waals surface area contributed by atoms with Crippen LogP contribution in [0.25, 0.3) is 16.9 Å². The molecule has 2 heterocycles. The molecular weight excluding hydrogens is 332 g/mol. The Labute approximate surface area is 148 Å². The van der Waals surface area contributed by atoms with Crippen LogP contribution in [-0.2, 0) is 0 Å². The van der Waals surface area contributed by atoms with Crippen LogP contribution in [-0.4, -0.2) is 30.6 Å². The van der Waals surface area contributed by atoms with Crippen molar-refractivity contribution in [2.24, 2.45) is 0 Å². The number of nitrogens with zero attached hydrogens (tertiary/aromatic N) is 3. The molecule has 128 valence electrons. The van der Waals surface area contributed by atoms with E-state index in [1.807, 2.05) is 0 Å². The lowest BCUT2D eigenvalue weighted by Crippen LogP contribution is -2.04. The zero-order valence-electron chi connectivity index (χ0n) is 13.5. The number of carbonyl (C=O) groups is 1. The number of aromatic hydroxyl groups is 1. The van der Waals surface area contributed by atoms with Crippen molar-refractivity contribution in [2.75, 3.05) is 5.32 Å². The van der Waals surface area contributed by atoms with E-state index in [1.165, 1.54) is 6.07 Å². The lowest BCUT2D eigenvalue weighted by atomic mass is 10.1. The number of anilines is 2. The third-order valence-electron chi connectivity index (χ3n) is 3.98. The molecule has 0 unspecified atom stereocenters. The highest BCUT2D eigenvalue weighted by molar-refractivity contribution is 5.96. The number of aromatic nitrogens is 3. The zero-order valence-corrected chi connectivity index (χ0v) is 13.5. The van der Waals surface area contributed by atoms with Gasteiger partial charge >= 0.3 is 5.97 Å². The molecular formula is C19H14N4O3. The topological polar surface area (TPSA) is 99.8 Å². The average Bonchev–Trinajstić information content (AvgIpc) is 3.01. The molecule has 0 radical (unpaired) electrons. The normalized spacial score (nSPS) is 10.8. The summed E-state index contributed by atoms with van der Waals surface area (Å²) in [7, 11) is 0. The number of para-hydroxylation sites is 1. The van der Waals surface area contributed by atoms with Gasteiger partial charge in [0.1, 0.15) is 17.3 Å². The number of hydrogen-bond acceptors (Lipinski definition) is 5. The highest BCUT2D eigenvalue weighted by Crippen LogP contribution is 2.32. The van der Waals surface area contributed by atoms with Crippen molar-refractivity contribution in [3.8, 4) is 17.0 Å². The van der Waals surface area contributed by atoms with Gasteiger partial charge in [-0.2, -0.15) is 0 Å². The van der Waals surface area contributed by atoms with E-state index < -0.39 is 5.97 Å². The van der Waals surface area contributed by atoms with Gasteiger partial charge in [-0.15, -0.1) is 0 Å². The molecule has 7 heteroatoms. The fourth-order valence-electron chi connectivity index (χ4n) is 2.75. The van der Waals surface area contributed by atoms with Crippen molar-refractivity contribution in [1.29, 1.82) is 0 Å². The van der Waals surface area contributed by atoms with Crippen molar-refractivity contribution in [3.05, 3.63) is 72.7 Å². The third kappa shape index (κ3) is 2.71. The summed E-state index contributed by atoms with van der Waals surface area (Å²) in [6.45, 7) is 0. The maximum Gasteiger partial charge on any atom is 0.337 e. The van der Waals surface area contributed by atoms with Crippen molar-refractivity contribution >= 4 is 23.1 Å². The van der Waals surface area contributed by atoms with E-state index in [-0.39, 0.29) is 11.3 Å². The van der Waals surface area contributed by atoms with Crippen LogP contribution in [0.15, 0.2) is 67.1 Å². The van der Waals surface area contributed by atoms with Crippen molar-refractivity contribution in [2.45, 2.75) is 0 Å². The highest BCUT2D eigenvalue weighted by atomic mass is 16.4. The van der Waals surface area contributed by atoms with Crippen molar-refractivity contribution in [1.82, 2.24) is 14.4 Å². The van der Waals surface area contributed by atoms with Crippen molar-refractivity contribution < 1.29 is 15.0 Å². The number of benzene rings is 2. The van der Waals surface area contributed by atoms with Crippen LogP contribution in [0.5, 0.6) is 5.75 Å². The van der Waals surface area contributed by atoms with Crippen LogP contribution in [0.1, 0.15) is 10.4 Å². The average molecular weight is 346 g/mol. The smallest absolute Gasteiger partial charge is 0.337 e. The second-order valence-electron chi connectivity index (χ2n) is 5.64. The summed E-state index contributed by atoms with van der Waals surface area (Å²) in [6.07, 6.45) is 5.00. The molecule has 0 saturated heterocycles. The number of phenols is 1. The molecule has 2 aromatic carbocycles. The first-order valence-corrected chi connectivity index (χ1v) is 7.84. The maximum atomic E-state index is 11.5. The van der Waals surface area contributed by atoms with E-state index in [9.17, 15) is 15.0 Å². The molecule has 7 nitrogen and oxygen atoms in total. The Morgan fingerprint density at radius 1 is 1.08 bits per heavy atom. The minimum Gasteiger partial charge on any atom is -0.508 e. The lowest BCUT2D eigenvalue weighted by molar-refractivity contribution is 0.0698. The number of phenolic OH excluding ortho intramolecular Hbond substituents is 1. The SMILES string of the molecule is O=C(O)c1ccccc1Nc1c(-c2ccc(O)cc2)nc2cnccn12. The van der Waals surface area contributed by atoms with Gasteiger partial charge in [0.15, 0.2) is 5.65 Å². The molecule has 0 bridgehead atoms. The monoisotopic (exact) mass is 346 g/mol. The largest absolute Gasteiger partial charge is 0.508 e. The fraction of sp³-hybridized carbons (Fsp3) is 0. The number of nitrogens with one attached hydrogen (secondary N) is 1. The van der Waals surface area contributed by atoms with Gasteiger partial charge in [0, 0.05) is 18.0 Å². The summed E-state index contributed by atoms with van der Waals surface area (Å²) in [5.41, 5.74) is 2.64. The number of carboxylic acids is 1. The van der Waals surface area contributed by atoms with Gasteiger partial charge in [-0.25, -0.2) is 9.78 Å². The van der Waals surface area contributed by atoms with Gasteiger partial charge in [-0.1, -0.05) is 12.1 Å². The van der Waals surface area contributed by atoms with E-state index in [0.29, 0.717) is 22.8 Å². The lowest BCUT2D eigenvalue weighted by Gasteiger charge is -2.11. The summed E-state index contributed by atoms with van der Waals surface area (Å²) in [5.74, 6) is -0.249. The molecule has 3 N–H and O–H groups in total. The summed E-state index contributed by atoms with van der Waals surface area (Å²) in [5, 5.41) is 22.1. The number of imidazole rings is 1. The van der Waals surface area contributed by atoms with Gasteiger partial charge in [0.25, 0.3) is 0 Å². The van der Waals surface area contributed by atoms with Gasteiger partial charge in [0.05, 0.1) is 17.4 Å². The summed E-state index contributed by atoms with van der Waals surface area (Å²) in [4.78, 5) is 20.2. The number of aromatic carboxylic acids is 1. The van der Waals surface area contributed by atoms with Crippen LogP contribution in [0, 0.1) is 0 Å². The number of fused-ring (bicyclic) bond motifs is 1. The Balaban J connectivity index is 1.90. The van der Waals surface area contributed by atoms with E-state index >= 15 is 0 Å². The van der Waals surface area contributed by atoms with Crippen LogP contribution in [0.3, 0.4) is 0 Å². The molecule has 4 rings (SSSR count). The molecule has 0 fully saturated rings. The fourth-order valence-corrected chi connectivity index (χ4v) is 2.75. The maximum absolute atomic E-state index is 11.5. The molecule has 0 aliphatic carbocycles. The molecule has 26 heavy (non-hydrogen) atoms. The van der Waals surface area contributed by atoms with E-state index in [2.05, 4.69) is 15.3 Å². The minimum absolute atomic E-state index is 0.157. The van der Waals surface area contributed by atoms with Gasteiger partial charge < -0.3 is 15.5 Å². The van der Waals surface area contributed by atoms with Crippen LogP contribution < -0.4 is 5.32 Å². The molecule has 0 atom stereocenters. The summed E-state index contributed by atoms with van der Waals surface area (Å²) < 4.78 is 1.80. The Kier molecular flexibility index (Phi) is 3.74. The van der Waals surface area contributed by atoms with Crippen molar-refractivity contribution in [3.63, 3.8) is 0 Å². The number of carboxylic acid groups (broad SMARTS) is 1. The first-order chi connectivity index (χ1) is 12.6. The predicted molar refractivity (Wildman–Crippen MR) is 96.8 cm³/mol. The third-order valence-corrected chi connectivity index (χ3v) is 3.98. The molecule has 0 amide bonds. The summed E-state index contributed by atoms with van der Waals surface area (Å²) >= 11 is 0.